The summed E-state index contributed by atoms with van der Waals surface area (Å²) in [6.45, 7) is 1.80. The second-order valence-corrected chi connectivity index (χ2v) is 4.71. The summed E-state index contributed by atoms with van der Waals surface area (Å²) in [6.07, 6.45) is 0.733. The lowest BCUT2D eigenvalue weighted by Gasteiger charge is -2.02. The minimum Gasteiger partial charge on any atom is -0.335 e. The largest absolute Gasteiger partial charge is 0.335 e. The van der Waals surface area contributed by atoms with E-state index < -0.39 is 0 Å². The summed E-state index contributed by atoms with van der Waals surface area (Å²) in [5, 5.41) is 2.02. The van der Waals surface area contributed by atoms with Crippen molar-refractivity contribution in [3.63, 3.8) is 0 Å². The van der Waals surface area contributed by atoms with Crippen molar-refractivity contribution in [3.05, 3.63) is 48.8 Å². The second-order valence-electron chi connectivity index (χ2n) is 3.27. The highest BCUT2D eigenvalue weighted by Crippen LogP contribution is 2.13. The Morgan fingerprint density at radius 2 is 2.27 bits per heavy atom. The number of nitrogens with one attached hydrogen (secondary N) is 2. The number of rotatable bonds is 2. The first-order chi connectivity index (χ1) is 7.16. The zero-order valence-corrected chi connectivity index (χ0v) is 9.80. The molecule has 0 aromatic carbocycles. The van der Waals surface area contributed by atoms with Gasteiger partial charge >= 0.3 is 0 Å². The van der Waals surface area contributed by atoms with Crippen molar-refractivity contribution in [1.82, 2.24) is 9.97 Å². The fourth-order valence-electron chi connectivity index (χ4n) is 1.36. The molecule has 0 aliphatic heterocycles. The molecule has 0 spiro atoms. The average Bonchev–Trinajstić information content (AvgIpc) is 2.66. The zero-order valence-electron chi connectivity index (χ0n) is 8.16. The third kappa shape index (κ3) is 2.24. The number of hydrogen-bond acceptors (Lipinski definition) is 3. The molecule has 2 heterocycles. The molecular formula is C10H10N2OS2. The van der Waals surface area contributed by atoms with Gasteiger partial charge in [-0.05, 0) is 30.6 Å². The van der Waals surface area contributed by atoms with Crippen LogP contribution in [0.3, 0.4) is 0 Å². The smallest absolute Gasteiger partial charge is 0.254 e. The van der Waals surface area contributed by atoms with Gasteiger partial charge in [0.1, 0.15) is 0 Å². The molecule has 15 heavy (non-hydrogen) atoms. The predicted octanol–water partition coefficient (Wildman–Crippen LogP) is 2.39. The molecule has 0 aliphatic carbocycles. The van der Waals surface area contributed by atoms with E-state index >= 15 is 0 Å². The number of hydrogen-bond donors (Lipinski definition) is 2. The highest BCUT2D eigenvalue weighted by molar-refractivity contribution is 7.71. The highest BCUT2D eigenvalue weighted by Gasteiger charge is 2.04. The van der Waals surface area contributed by atoms with E-state index in [-0.39, 0.29) is 5.56 Å². The van der Waals surface area contributed by atoms with Crippen LogP contribution in [-0.2, 0) is 6.42 Å². The van der Waals surface area contributed by atoms with Gasteiger partial charge in [0.15, 0.2) is 4.77 Å². The van der Waals surface area contributed by atoms with Crippen LogP contribution in [0.15, 0.2) is 22.3 Å². The van der Waals surface area contributed by atoms with Gasteiger partial charge in [0.2, 0.25) is 0 Å². The lowest BCUT2D eigenvalue weighted by molar-refractivity contribution is 0.961. The van der Waals surface area contributed by atoms with E-state index in [1.807, 2.05) is 17.5 Å². The van der Waals surface area contributed by atoms with Crippen LogP contribution in [0, 0.1) is 11.7 Å². The molecule has 0 saturated carbocycles. The van der Waals surface area contributed by atoms with Gasteiger partial charge in [-0.1, -0.05) is 6.07 Å². The van der Waals surface area contributed by atoms with Crippen LogP contribution in [0.4, 0.5) is 0 Å². The maximum atomic E-state index is 11.5. The van der Waals surface area contributed by atoms with Crippen molar-refractivity contribution >= 4 is 23.6 Å². The van der Waals surface area contributed by atoms with Gasteiger partial charge < -0.3 is 4.98 Å². The van der Waals surface area contributed by atoms with E-state index in [2.05, 4.69) is 9.97 Å². The van der Waals surface area contributed by atoms with Crippen molar-refractivity contribution in [1.29, 1.82) is 0 Å². The van der Waals surface area contributed by atoms with E-state index in [4.69, 9.17) is 12.2 Å². The molecule has 2 aromatic rings. The average molecular weight is 238 g/mol. The number of thiophene rings is 1. The SMILES string of the molecule is Cc1c(Cc2cccs2)[nH]c(=S)[nH]c1=O. The molecule has 0 saturated heterocycles. The van der Waals surface area contributed by atoms with Crippen LogP contribution in [0.25, 0.3) is 0 Å². The van der Waals surface area contributed by atoms with Crippen molar-refractivity contribution in [3.8, 4) is 0 Å². The summed E-state index contributed by atoms with van der Waals surface area (Å²) in [4.78, 5) is 18.3. The summed E-state index contributed by atoms with van der Waals surface area (Å²) in [7, 11) is 0. The summed E-state index contributed by atoms with van der Waals surface area (Å²) in [6, 6.07) is 4.04. The Hall–Kier alpha value is -1.20. The molecule has 0 amide bonds. The molecule has 0 bridgehead atoms. The van der Waals surface area contributed by atoms with E-state index in [0.29, 0.717) is 10.3 Å². The van der Waals surface area contributed by atoms with Crippen LogP contribution in [0.2, 0.25) is 0 Å². The maximum absolute atomic E-state index is 11.5. The second kappa shape index (κ2) is 4.12. The molecule has 5 heteroatoms. The monoisotopic (exact) mass is 238 g/mol. The van der Waals surface area contributed by atoms with Crippen LogP contribution in [-0.4, -0.2) is 9.97 Å². The van der Waals surface area contributed by atoms with Crippen molar-refractivity contribution in [2.75, 3.05) is 0 Å². The van der Waals surface area contributed by atoms with Gasteiger partial charge in [-0.15, -0.1) is 11.3 Å². The van der Waals surface area contributed by atoms with Crippen LogP contribution >= 0.6 is 23.6 Å². The van der Waals surface area contributed by atoms with Crippen molar-refractivity contribution in [2.45, 2.75) is 13.3 Å². The fraction of sp³-hybridized carbons (Fsp3) is 0.200. The normalized spacial score (nSPS) is 10.5. The van der Waals surface area contributed by atoms with Gasteiger partial charge in [-0.3, -0.25) is 9.78 Å². The molecule has 0 radical (unpaired) electrons. The number of H-pyrrole nitrogens is 2. The summed E-state index contributed by atoms with van der Waals surface area (Å²) >= 11 is 6.61. The maximum Gasteiger partial charge on any atom is 0.254 e. The van der Waals surface area contributed by atoms with Crippen LogP contribution in [0.1, 0.15) is 16.1 Å². The summed E-state index contributed by atoms with van der Waals surface area (Å²) < 4.78 is 0.386. The molecule has 0 unspecified atom stereocenters. The molecule has 2 aromatic heterocycles. The van der Waals surface area contributed by atoms with E-state index in [0.717, 1.165) is 12.1 Å². The zero-order chi connectivity index (χ0) is 10.8. The predicted molar refractivity (Wildman–Crippen MR) is 64.1 cm³/mol. The fourth-order valence-corrected chi connectivity index (χ4v) is 2.29. The van der Waals surface area contributed by atoms with Crippen molar-refractivity contribution in [2.24, 2.45) is 0 Å². The molecule has 0 fully saturated rings. The van der Waals surface area contributed by atoms with E-state index in [1.54, 1.807) is 18.3 Å². The van der Waals surface area contributed by atoms with Gasteiger partial charge in [-0.25, -0.2) is 0 Å². The Bertz CT molecular complexity index is 566. The summed E-state index contributed by atoms with van der Waals surface area (Å²) in [5.41, 5.74) is 1.49. The first kappa shape index (κ1) is 10.3. The number of aromatic nitrogens is 2. The quantitative estimate of drug-likeness (QED) is 0.789. The van der Waals surface area contributed by atoms with Gasteiger partial charge in [0.05, 0.1) is 0 Å². The summed E-state index contributed by atoms with van der Waals surface area (Å²) in [5.74, 6) is 0. The topological polar surface area (TPSA) is 48.6 Å². The standard InChI is InChI=1S/C10H10N2OS2/c1-6-8(5-7-3-2-4-15-7)11-10(14)12-9(6)13/h2-4H,5H2,1H3,(H2,11,12,13,14). The Labute approximate surface area is 95.8 Å². The van der Waals surface area contributed by atoms with Crippen LogP contribution < -0.4 is 5.56 Å². The Balaban J connectivity index is 2.45. The molecule has 3 nitrogen and oxygen atoms in total. The molecular weight excluding hydrogens is 228 g/mol. The molecule has 78 valence electrons. The number of aromatic amines is 2. The van der Waals surface area contributed by atoms with E-state index in [9.17, 15) is 4.79 Å². The minimum atomic E-state index is -0.106. The lowest BCUT2D eigenvalue weighted by atomic mass is 10.2. The van der Waals surface area contributed by atoms with Gasteiger partial charge in [0, 0.05) is 22.6 Å². The first-order valence-corrected chi connectivity index (χ1v) is 5.80. The Morgan fingerprint density at radius 3 is 2.93 bits per heavy atom. The first-order valence-electron chi connectivity index (χ1n) is 4.51. The molecule has 0 atom stereocenters. The van der Waals surface area contributed by atoms with Gasteiger partial charge in [-0.2, -0.15) is 0 Å². The lowest BCUT2D eigenvalue weighted by Crippen LogP contribution is -2.14. The molecule has 0 aliphatic rings. The Kier molecular flexibility index (Phi) is 2.83. The van der Waals surface area contributed by atoms with E-state index in [1.165, 1.54) is 4.88 Å². The van der Waals surface area contributed by atoms with Crippen LogP contribution in [0.5, 0.6) is 0 Å². The Morgan fingerprint density at radius 1 is 1.47 bits per heavy atom. The van der Waals surface area contributed by atoms with Crippen molar-refractivity contribution < 1.29 is 0 Å². The van der Waals surface area contributed by atoms with Gasteiger partial charge in [0.25, 0.3) is 5.56 Å². The molecule has 2 rings (SSSR count). The third-order valence-corrected chi connectivity index (χ3v) is 3.30. The third-order valence-electron chi connectivity index (χ3n) is 2.22. The highest BCUT2D eigenvalue weighted by atomic mass is 32.1. The minimum absolute atomic E-state index is 0.106. The molecule has 2 N–H and O–H groups in total.